The molecule has 1 saturated carbocycles. The first-order valence-corrected chi connectivity index (χ1v) is 6.38. The van der Waals surface area contributed by atoms with Gasteiger partial charge in [-0.25, -0.2) is 0 Å². The number of hydrogen-bond donors (Lipinski definition) is 1. The average Bonchev–Trinajstić information content (AvgIpc) is 2.98. The molecule has 2 aliphatic carbocycles. The molecule has 4 rings (SSSR count). The van der Waals surface area contributed by atoms with E-state index < -0.39 is 11.4 Å². The molecule has 18 heavy (non-hydrogen) atoms. The number of aliphatic carboxylic acids is 1. The van der Waals surface area contributed by atoms with Crippen LogP contribution in [0.5, 0.6) is 0 Å². The van der Waals surface area contributed by atoms with Crippen LogP contribution in [0.1, 0.15) is 24.0 Å². The summed E-state index contributed by atoms with van der Waals surface area (Å²) in [6.45, 7) is 1.90. The molecule has 2 aromatic rings. The summed E-state index contributed by atoms with van der Waals surface area (Å²) in [4.78, 5) is 11.5. The van der Waals surface area contributed by atoms with Crippen molar-refractivity contribution in [2.75, 3.05) is 0 Å². The minimum absolute atomic E-state index is 0.202. The highest BCUT2D eigenvalue weighted by molar-refractivity contribution is 5.94. The van der Waals surface area contributed by atoms with Gasteiger partial charge < -0.3 is 5.11 Å². The zero-order valence-corrected chi connectivity index (χ0v) is 10.2. The van der Waals surface area contributed by atoms with Gasteiger partial charge in [0, 0.05) is 5.92 Å². The monoisotopic (exact) mass is 238 g/mol. The molecule has 2 heteroatoms. The van der Waals surface area contributed by atoms with Gasteiger partial charge in [-0.15, -0.1) is 0 Å². The second-order valence-corrected chi connectivity index (χ2v) is 5.74. The van der Waals surface area contributed by atoms with E-state index >= 15 is 0 Å². The Morgan fingerprint density at radius 2 is 2.00 bits per heavy atom. The first-order chi connectivity index (χ1) is 8.64. The fourth-order valence-electron chi connectivity index (χ4n) is 3.88. The first-order valence-electron chi connectivity index (χ1n) is 6.38. The predicted molar refractivity (Wildman–Crippen MR) is 69.6 cm³/mol. The maximum absolute atomic E-state index is 11.5. The molecule has 0 aliphatic heterocycles. The number of carboxylic acids is 1. The normalized spacial score (nSPS) is 32.1. The number of benzene rings is 2. The van der Waals surface area contributed by atoms with E-state index in [1.807, 2.05) is 13.0 Å². The summed E-state index contributed by atoms with van der Waals surface area (Å²) in [5.74, 6) is -0.175. The van der Waals surface area contributed by atoms with Crippen LogP contribution in [-0.4, -0.2) is 11.1 Å². The fraction of sp³-hybridized carbons (Fsp3) is 0.312. The Hall–Kier alpha value is -1.83. The van der Waals surface area contributed by atoms with E-state index in [9.17, 15) is 9.90 Å². The first kappa shape index (κ1) is 10.1. The van der Waals surface area contributed by atoms with Crippen molar-refractivity contribution in [3.8, 4) is 0 Å². The van der Waals surface area contributed by atoms with Crippen molar-refractivity contribution in [2.45, 2.75) is 19.3 Å². The molecule has 2 aliphatic rings. The molecule has 0 amide bonds. The Labute approximate surface area is 105 Å². The SMILES string of the molecule is C[C@]1(C(=O)O)[C@@H]2Cc3cccc4cccc(c34)[C@H]21. The van der Waals surface area contributed by atoms with E-state index in [1.54, 1.807) is 0 Å². The summed E-state index contributed by atoms with van der Waals surface area (Å²) < 4.78 is 0. The molecule has 0 saturated heterocycles. The van der Waals surface area contributed by atoms with Crippen LogP contribution in [0, 0.1) is 11.3 Å². The molecular weight excluding hydrogens is 224 g/mol. The molecule has 1 N–H and O–H groups in total. The van der Waals surface area contributed by atoms with Crippen molar-refractivity contribution in [2.24, 2.45) is 11.3 Å². The van der Waals surface area contributed by atoms with Crippen LogP contribution in [0.4, 0.5) is 0 Å². The molecule has 1 fully saturated rings. The minimum atomic E-state index is -0.651. The maximum Gasteiger partial charge on any atom is 0.310 e. The molecule has 0 heterocycles. The summed E-state index contributed by atoms with van der Waals surface area (Å²) >= 11 is 0. The van der Waals surface area contributed by atoms with Gasteiger partial charge >= 0.3 is 5.97 Å². The minimum Gasteiger partial charge on any atom is -0.481 e. The second kappa shape index (κ2) is 2.94. The molecule has 0 unspecified atom stereocenters. The van der Waals surface area contributed by atoms with E-state index in [4.69, 9.17) is 0 Å². The Bertz CT molecular complexity index is 683. The highest BCUT2D eigenvalue weighted by Gasteiger charge is 2.68. The number of carboxylic acid groups (broad SMARTS) is 1. The van der Waals surface area contributed by atoms with Crippen molar-refractivity contribution >= 4 is 16.7 Å². The van der Waals surface area contributed by atoms with E-state index in [0.29, 0.717) is 0 Å². The summed E-state index contributed by atoms with van der Waals surface area (Å²) in [5, 5.41) is 12.0. The van der Waals surface area contributed by atoms with Crippen LogP contribution >= 0.6 is 0 Å². The van der Waals surface area contributed by atoms with Crippen LogP contribution in [0.3, 0.4) is 0 Å². The zero-order valence-electron chi connectivity index (χ0n) is 10.2. The third kappa shape index (κ3) is 0.976. The summed E-state index contributed by atoms with van der Waals surface area (Å²) in [6, 6.07) is 12.6. The van der Waals surface area contributed by atoms with Gasteiger partial charge in [0.2, 0.25) is 0 Å². The molecule has 0 spiro atoms. The van der Waals surface area contributed by atoms with Gasteiger partial charge in [-0.2, -0.15) is 0 Å². The van der Waals surface area contributed by atoms with Crippen molar-refractivity contribution < 1.29 is 9.90 Å². The van der Waals surface area contributed by atoms with Crippen LogP contribution in [0.25, 0.3) is 10.8 Å². The highest BCUT2D eigenvalue weighted by atomic mass is 16.4. The van der Waals surface area contributed by atoms with E-state index in [2.05, 4.69) is 30.3 Å². The third-order valence-electron chi connectivity index (χ3n) is 4.97. The number of fused-ring (bicyclic) bond motifs is 2. The van der Waals surface area contributed by atoms with Gasteiger partial charge in [-0.3, -0.25) is 4.79 Å². The van der Waals surface area contributed by atoms with Crippen LogP contribution in [0.15, 0.2) is 36.4 Å². The van der Waals surface area contributed by atoms with Gasteiger partial charge in [0.15, 0.2) is 0 Å². The lowest BCUT2D eigenvalue weighted by molar-refractivity contribution is -0.143. The Kier molecular flexibility index (Phi) is 1.66. The Morgan fingerprint density at radius 1 is 1.28 bits per heavy atom. The molecule has 90 valence electrons. The van der Waals surface area contributed by atoms with Crippen LogP contribution < -0.4 is 0 Å². The summed E-state index contributed by atoms with van der Waals surface area (Å²) in [5.41, 5.74) is 1.99. The average molecular weight is 238 g/mol. The molecule has 2 nitrogen and oxygen atoms in total. The van der Waals surface area contributed by atoms with Crippen molar-refractivity contribution in [3.05, 3.63) is 47.5 Å². The number of hydrogen-bond acceptors (Lipinski definition) is 1. The molecule has 2 aromatic carbocycles. The standard InChI is InChI=1S/C16H14O2/c1-16(15(17)18)12-8-10-6-2-4-9-5-3-7-11(13(9)10)14(12)16/h2-7,12,14H,8H2,1H3,(H,17,18)/t12-,14-,16+/m1/s1. The van der Waals surface area contributed by atoms with Crippen molar-refractivity contribution in [1.82, 2.24) is 0 Å². The lowest BCUT2D eigenvalue weighted by Crippen LogP contribution is -2.14. The smallest absolute Gasteiger partial charge is 0.310 e. The van der Waals surface area contributed by atoms with E-state index in [-0.39, 0.29) is 11.8 Å². The number of rotatable bonds is 1. The topological polar surface area (TPSA) is 37.3 Å². The van der Waals surface area contributed by atoms with Gasteiger partial charge in [0.1, 0.15) is 0 Å². The molecule has 0 bridgehead atoms. The van der Waals surface area contributed by atoms with Crippen molar-refractivity contribution in [3.63, 3.8) is 0 Å². The Morgan fingerprint density at radius 3 is 2.72 bits per heavy atom. The molecule has 3 atom stereocenters. The highest BCUT2D eigenvalue weighted by Crippen LogP contribution is 2.69. The van der Waals surface area contributed by atoms with Crippen LogP contribution in [0.2, 0.25) is 0 Å². The molecular formula is C16H14O2. The predicted octanol–water partition coefficient (Wildman–Crippen LogP) is 3.20. The quantitative estimate of drug-likeness (QED) is 0.828. The van der Waals surface area contributed by atoms with E-state index in [1.165, 1.54) is 21.9 Å². The molecule has 0 radical (unpaired) electrons. The van der Waals surface area contributed by atoms with Gasteiger partial charge in [0.05, 0.1) is 5.41 Å². The third-order valence-corrected chi connectivity index (χ3v) is 4.97. The largest absolute Gasteiger partial charge is 0.481 e. The van der Waals surface area contributed by atoms with Gasteiger partial charge in [-0.1, -0.05) is 36.4 Å². The second-order valence-electron chi connectivity index (χ2n) is 5.74. The summed E-state index contributed by atoms with van der Waals surface area (Å²) in [6.07, 6.45) is 0.905. The van der Waals surface area contributed by atoms with Gasteiger partial charge in [-0.05, 0) is 41.2 Å². The lowest BCUT2D eigenvalue weighted by atomic mass is 9.89. The van der Waals surface area contributed by atoms with Crippen molar-refractivity contribution in [1.29, 1.82) is 0 Å². The van der Waals surface area contributed by atoms with Gasteiger partial charge in [0.25, 0.3) is 0 Å². The lowest BCUT2D eigenvalue weighted by Gasteiger charge is -2.15. The summed E-state index contributed by atoms with van der Waals surface area (Å²) in [7, 11) is 0. The maximum atomic E-state index is 11.5. The van der Waals surface area contributed by atoms with Crippen LogP contribution in [-0.2, 0) is 11.2 Å². The fourth-order valence-corrected chi connectivity index (χ4v) is 3.88. The molecule has 0 aromatic heterocycles. The van der Waals surface area contributed by atoms with E-state index in [0.717, 1.165) is 6.42 Å². The zero-order chi connectivity index (χ0) is 12.5. The Balaban J connectivity index is 2.01. The number of carbonyl (C=O) groups is 1.